The zero-order valence-electron chi connectivity index (χ0n) is 29.4. The molecule has 0 fully saturated rings. The fraction of sp³-hybridized carbons (Fsp3) is 0. The fourth-order valence-electron chi connectivity index (χ4n) is 9.31. The van der Waals surface area contributed by atoms with Crippen molar-refractivity contribution in [2.45, 2.75) is 0 Å². The molecule has 55 heavy (non-hydrogen) atoms. The molecule has 13 aromatic rings. The van der Waals surface area contributed by atoms with E-state index < -0.39 is 0 Å². The van der Waals surface area contributed by atoms with Crippen LogP contribution in [0.15, 0.2) is 174 Å². The van der Waals surface area contributed by atoms with E-state index in [-0.39, 0.29) is 0 Å². The molecule has 0 spiro atoms. The molecule has 8 aromatic carbocycles. The maximum Gasteiger partial charge on any atom is 0.180 e. The van der Waals surface area contributed by atoms with E-state index in [2.05, 4.69) is 142 Å². The van der Waals surface area contributed by atoms with Gasteiger partial charge in [-0.05, 0) is 60.0 Å². The molecule has 5 heterocycles. The third-order valence-electron chi connectivity index (χ3n) is 11.6. The Morgan fingerprint density at radius 2 is 1.13 bits per heavy atom. The molecule has 0 N–H and O–H groups in total. The third kappa shape index (κ3) is 3.81. The summed E-state index contributed by atoms with van der Waals surface area (Å²) in [5, 5.41) is 11.1. The highest BCUT2D eigenvalue weighted by atomic mass is 16.3. The van der Waals surface area contributed by atoms with Crippen molar-refractivity contribution < 1.29 is 4.42 Å². The van der Waals surface area contributed by atoms with Gasteiger partial charge in [0.1, 0.15) is 16.8 Å². The first-order valence-corrected chi connectivity index (χ1v) is 18.7. The van der Waals surface area contributed by atoms with Gasteiger partial charge >= 0.3 is 0 Å². The van der Waals surface area contributed by atoms with E-state index in [0.717, 1.165) is 39.0 Å². The maximum absolute atomic E-state index is 6.37. The molecule has 0 unspecified atom stereocenters. The maximum atomic E-state index is 6.37. The molecule has 5 nitrogen and oxygen atoms in total. The van der Waals surface area contributed by atoms with Gasteiger partial charge in [0.15, 0.2) is 11.4 Å². The van der Waals surface area contributed by atoms with Gasteiger partial charge in [0.2, 0.25) is 0 Å². The van der Waals surface area contributed by atoms with E-state index in [1.54, 1.807) is 0 Å². The van der Waals surface area contributed by atoms with Crippen LogP contribution in [-0.4, -0.2) is 18.9 Å². The summed E-state index contributed by atoms with van der Waals surface area (Å²) < 4.78 is 11.3. The van der Waals surface area contributed by atoms with E-state index in [1.807, 2.05) is 36.4 Å². The third-order valence-corrected chi connectivity index (χ3v) is 11.6. The predicted molar refractivity (Wildman–Crippen MR) is 227 cm³/mol. The van der Waals surface area contributed by atoms with Crippen molar-refractivity contribution in [3.05, 3.63) is 170 Å². The van der Waals surface area contributed by atoms with Crippen LogP contribution >= 0.6 is 0 Å². The van der Waals surface area contributed by atoms with Crippen LogP contribution in [0, 0.1) is 0 Å². The minimum absolute atomic E-state index is 0.665. The standard InChI is InChI=1S/C50H28N4O/c1-2-13-30(14-3-1)45-49-46(37-18-8-11-21-42(37)55-49)52-50(51-45)31-22-25-32(26-23-31)53-39-19-9-6-16-35(39)43-41(53)28-38-34-27-24-29-12-4-5-15-33(29)47(34)54-40-20-10-7-17-36(40)44(43)48(38)54/h1-28H. The molecule has 0 radical (unpaired) electrons. The van der Waals surface area contributed by atoms with Crippen molar-refractivity contribution in [2.75, 3.05) is 0 Å². The molecule has 0 aliphatic heterocycles. The van der Waals surface area contributed by atoms with Crippen molar-refractivity contribution in [3.63, 3.8) is 0 Å². The minimum Gasteiger partial charge on any atom is -0.452 e. The van der Waals surface area contributed by atoms with E-state index >= 15 is 0 Å². The van der Waals surface area contributed by atoms with Crippen molar-refractivity contribution in [1.29, 1.82) is 0 Å². The van der Waals surface area contributed by atoms with Gasteiger partial charge in [-0.15, -0.1) is 0 Å². The van der Waals surface area contributed by atoms with E-state index in [0.29, 0.717) is 11.4 Å². The number of hydrogen-bond acceptors (Lipinski definition) is 3. The summed E-state index contributed by atoms with van der Waals surface area (Å²) in [4.78, 5) is 10.3. The Balaban J connectivity index is 1.08. The number of aromatic nitrogens is 4. The smallest absolute Gasteiger partial charge is 0.180 e. The first-order chi connectivity index (χ1) is 27.3. The van der Waals surface area contributed by atoms with Crippen LogP contribution in [0.4, 0.5) is 0 Å². The molecule has 0 aliphatic rings. The molecular weight excluding hydrogens is 673 g/mol. The average Bonchev–Trinajstić information content (AvgIpc) is 3.99. The van der Waals surface area contributed by atoms with Crippen molar-refractivity contribution in [3.8, 4) is 28.3 Å². The lowest BCUT2D eigenvalue weighted by Crippen LogP contribution is -1.96. The van der Waals surface area contributed by atoms with Gasteiger partial charge < -0.3 is 13.4 Å². The number of benzene rings is 8. The van der Waals surface area contributed by atoms with Crippen LogP contribution in [0.2, 0.25) is 0 Å². The lowest BCUT2D eigenvalue weighted by molar-refractivity contribution is 0.667. The Morgan fingerprint density at radius 3 is 1.96 bits per heavy atom. The highest BCUT2D eigenvalue weighted by Crippen LogP contribution is 2.48. The SMILES string of the molecule is c1ccc(-c2nc(-c3ccc(-n4c5ccccc5c5c6c7ccccc7n7c8c9ccccc9ccc8c(cc54)c67)cc3)nc3c2oc2ccccc23)cc1. The Kier molecular flexibility index (Phi) is 5.57. The summed E-state index contributed by atoms with van der Waals surface area (Å²) in [6.45, 7) is 0. The second-order valence-electron chi connectivity index (χ2n) is 14.5. The highest BCUT2D eigenvalue weighted by Gasteiger charge is 2.25. The van der Waals surface area contributed by atoms with Gasteiger partial charge in [-0.3, -0.25) is 0 Å². The largest absolute Gasteiger partial charge is 0.452 e. The Morgan fingerprint density at radius 1 is 0.436 bits per heavy atom. The van der Waals surface area contributed by atoms with Crippen LogP contribution in [-0.2, 0) is 0 Å². The molecule has 0 aliphatic carbocycles. The first kappa shape index (κ1) is 29.0. The lowest BCUT2D eigenvalue weighted by Gasteiger charge is -2.10. The number of fused-ring (bicyclic) bond motifs is 15. The molecule has 0 atom stereocenters. The molecule has 0 saturated heterocycles. The number of furan rings is 1. The number of hydrogen-bond donors (Lipinski definition) is 0. The van der Waals surface area contributed by atoms with Gasteiger partial charge in [0, 0.05) is 59.9 Å². The van der Waals surface area contributed by atoms with Crippen molar-refractivity contribution >= 4 is 92.7 Å². The zero-order chi connectivity index (χ0) is 35.8. The second kappa shape index (κ2) is 10.6. The van der Waals surface area contributed by atoms with Crippen molar-refractivity contribution in [1.82, 2.24) is 18.9 Å². The quantitative estimate of drug-likeness (QED) is 0.184. The van der Waals surface area contributed by atoms with Crippen LogP contribution in [0.25, 0.3) is 121 Å². The number of nitrogens with zero attached hydrogens (tertiary/aromatic N) is 4. The van der Waals surface area contributed by atoms with E-state index in [9.17, 15) is 0 Å². The monoisotopic (exact) mass is 700 g/mol. The lowest BCUT2D eigenvalue weighted by atomic mass is 10.0. The normalized spacial score (nSPS) is 12.4. The molecule has 0 amide bonds. The molecule has 13 rings (SSSR count). The van der Waals surface area contributed by atoms with Gasteiger partial charge in [0.25, 0.3) is 0 Å². The number of rotatable bonds is 3. The summed E-state index contributed by atoms with van der Waals surface area (Å²) in [6.07, 6.45) is 0. The number of para-hydroxylation sites is 3. The zero-order valence-corrected chi connectivity index (χ0v) is 29.4. The van der Waals surface area contributed by atoms with E-state index in [1.165, 1.54) is 70.7 Å². The summed E-state index contributed by atoms with van der Waals surface area (Å²) in [5.74, 6) is 0.665. The van der Waals surface area contributed by atoms with Gasteiger partial charge in [-0.25, -0.2) is 9.97 Å². The Hall–Kier alpha value is -7.50. The van der Waals surface area contributed by atoms with Crippen LogP contribution in [0.5, 0.6) is 0 Å². The Labute approximate surface area is 313 Å². The van der Waals surface area contributed by atoms with Crippen LogP contribution in [0.3, 0.4) is 0 Å². The molecule has 0 saturated carbocycles. The molecule has 5 aromatic heterocycles. The second-order valence-corrected chi connectivity index (χ2v) is 14.5. The summed E-state index contributed by atoms with van der Waals surface area (Å²) >= 11 is 0. The molecular formula is C50H28N4O. The highest BCUT2D eigenvalue weighted by molar-refractivity contribution is 6.37. The van der Waals surface area contributed by atoms with Crippen LogP contribution in [0.1, 0.15) is 0 Å². The van der Waals surface area contributed by atoms with Gasteiger partial charge in [0.05, 0.1) is 27.6 Å². The summed E-state index contributed by atoms with van der Waals surface area (Å²) in [6, 6.07) is 60.5. The average molecular weight is 701 g/mol. The Bertz CT molecular complexity index is 3700. The first-order valence-electron chi connectivity index (χ1n) is 18.7. The van der Waals surface area contributed by atoms with Crippen LogP contribution < -0.4 is 0 Å². The molecule has 254 valence electrons. The van der Waals surface area contributed by atoms with Gasteiger partial charge in [-0.1, -0.05) is 115 Å². The van der Waals surface area contributed by atoms with E-state index in [4.69, 9.17) is 14.4 Å². The molecule has 0 bridgehead atoms. The summed E-state index contributed by atoms with van der Waals surface area (Å²) in [5.41, 5.74) is 12.3. The van der Waals surface area contributed by atoms with Gasteiger partial charge in [-0.2, -0.15) is 0 Å². The minimum atomic E-state index is 0.665. The van der Waals surface area contributed by atoms with Crippen molar-refractivity contribution in [2.24, 2.45) is 0 Å². The summed E-state index contributed by atoms with van der Waals surface area (Å²) in [7, 11) is 0. The fourth-order valence-corrected chi connectivity index (χ4v) is 9.31. The molecule has 5 heteroatoms. The topological polar surface area (TPSA) is 48.3 Å². The predicted octanol–water partition coefficient (Wildman–Crippen LogP) is 13.1.